The Kier molecular flexibility index (Phi) is 25.3. The van der Waals surface area contributed by atoms with Crippen LogP contribution in [0.1, 0.15) is 113 Å². The number of amides is 1. The molecule has 1 aliphatic carbocycles. The standard InChI is InChI=1S/C52H82N2O17S/c1-31-17-15-13-12-14-16-18-32(2)46(58)48(68-11)47(59)35(5)25-33(3)41(55)29-43(34(4)26-38-20-22-42(44(27-38)67-10)69-24-23-66-9)70-51(62)37(7)54(8)50(61)49(60)52(63)36(6)19-21-39(71-52)28-40(31)53-72(64,65)30-45(56)57/h12-15,17,25,32-34,36-40,42-44,47-48,53,59,63H,16,18-24,26-30H2,1-11H3,(H,56,57)/b14-12-,15-13-,31-17-,35-25-/t32?,33?,34-,36+,37?,38+,39-,40?,42-,43?,44-,47?,48?,52+/m1/s1. The Morgan fingerprint density at radius 3 is 2.25 bits per heavy atom. The number of ether oxygens (including phenoxy) is 6. The van der Waals surface area contributed by atoms with E-state index in [-0.39, 0.29) is 55.4 Å². The average Bonchev–Trinajstić information content (AvgIpc) is 3.32. The Morgan fingerprint density at radius 1 is 0.917 bits per heavy atom. The zero-order valence-electron chi connectivity index (χ0n) is 44.1. The highest BCUT2D eigenvalue weighted by Crippen LogP contribution is 2.37. The zero-order chi connectivity index (χ0) is 54.1. The molecule has 0 aromatic heterocycles. The predicted molar refractivity (Wildman–Crippen MR) is 267 cm³/mol. The van der Waals surface area contributed by atoms with E-state index < -0.39 is 105 Å². The molecule has 1 amide bonds. The Morgan fingerprint density at radius 2 is 1.61 bits per heavy atom. The second-order valence-electron chi connectivity index (χ2n) is 20.0. The molecule has 2 fully saturated rings. The van der Waals surface area contributed by atoms with E-state index in [0.29, 0.717) is 56.5 Å². The number of cyclic esters (lactones) is 1. The van der Waals surface area contributed by atoms with Gasteiger partial charge in [0.1, 0.15) is 30.1 Å². The summed E-state index contributed by atoms with van der Waals surface area (Å²) in [4.78, 5) is 82.2. The average molecular weight is 1040 g/mol. The first kappa shape index (κ1) is 62.3. The minimum absolute atomic E-state index is 0.102. The van der Waals surface area contributed by atoms with Gasteiger partial charge >= 0.3 is 11.9 Å². The van der Waals surface area contributed by atoms with Gasteiger partial charge in [0, 0.05) is 58.6 Å². The normalized spacial score (nSPS) is 35.8. The third-order valence-corrected chi connectivity index (χ3v) is 15.7. The van der Waals surface area contributed by atoms with Crippen LogP contribution in [0.4, 0.5) is 0 Å². The maximum Gasteiger partial charge on any atom is 0.328 e. The Labute approximate surface area is 426 Å². The van der Waals surface area contributed by atoms with Crippen molar-refractivity contribution in [3.05, 3.63) is 47.6 Å². The van der Waals surface area contributed by atoms with Gasteiger partial charge in [0.25, 0.3) is 11.7 Å². The number of nitrogens with zero attached hydrogens (tertiary/aromatic N) is 1. The Hall–Kier alpha value is -3.99. The molecule has 0 spiro atoms. The van der Waals surface area contributed by atoms with Crippen LogP contribution < -0.4 is 4.72 Å². The number of aliphatic hydroxyl groups is 2. The van der Waals surface area contributed by atoms with Crippen LogP contribution in [0.5, 0.6) is 0 Å². The number of aliphatic hydroxyl groups excluding tert-OH is 1. The number of carboxylic acid groups (broad SMARTS) is 1. The maximum absolute atomic E-state index is 14.1. The van der Waals surface area contributed by atoms with E-state index in [0.717, 1.165) is 11.3 Å². The van der Waals surface area contributed by atoms with Crippen LogP contribution in [0.3, 0.4) is 0 Å². The number of Topliss-reactive ketones (excluding diaryl/α,β-unsaturated/α-hetero) is 3. The fraction of sp³-hybridized carbons (Fsp3) is 0.731. The van der Waals surface area contributed by atoms with Crippen LogP contribution in [0.2, 0.25) is 0 Å². The first-order chi connectivity index (χ1) is 33.8. The van der Waals surface area contributed by atoms with Crippen molar-refractivity contribution >= 4 is 45.2 Å². The summed E-state index contributed by atoms with van der Waals surface area (Å²) in [6, 6.07) is -2.47. The van der Waals surface area contributed by atoms with Gasteiger partial charge in [-0.25, -0.2) is 17.9 Å². The van der Waals surface area contributed by atoms with Crippen molar-refractivity contribution in [2.45, 2.75) is 167 Å². The number of sulfonamides is 1. The fourth-order valence-electron chi connectivity index (χ4n) is 9.51. The minimum atomic E-state index is -4.39. The van der Waals surface area contributed by atoms with Gasteiger partial charge in [-0.1, -0.05) is 69.7 Å². The van der Waals surface area contributed by atoms with E-state index in [1.807, 2.05) is 13.0 Å². The minimum Gasteiger partial charge on any atom is -0.480 e. The molecule has 0 radical (unpaired) electrons. The van der Waals surface area contributed by atoms with Crippen molar-refractivity contribution in [2.24, 2.45) is 29.6 Å². The molecule has 14 atom stereocenters. The van der Waals surface area contributed by atoms with Gasteiger partial charge < -0.3 is 48.6 Å². The van der Waals surface area contributed by atoms with Crippen LogP contribution in [0.15, 0.2) is 47.6 Å². The largest absolute Gasteiger partial charge is 0.480 e. The number of likely N-dealkylation sites (N-methyl/N-ethyl adjacent to an activating group) is 1. The molecule has 0 aromatic rings. The molecule has 3 aliphatic rings. The highest BCUT2D eigenvalue weighted by molar-refractivity contribution is 7.90. The summed E-state index contributed by atoms with van der Waals surface area (Å²) in [5, 5.41) is 32.6. The number of aliphatic carboxylic acids is 1. The Bertz CT molecular complexity index is 2090. The molecule has 19 nitrogen and oxygen atoms in total. The molecule has 20 heteroatoms. The summed E-state index contributed by atoms with van der Waals surface area (Å²) in [6.45, 7) is 12.2. The number of fused-ring (bicyclic) bond motifs is 2. The molecule has 7 unspecified atom stereocenters. The van der Waals surface area contributed by atoms with Crippen molar-refractivity contribution < 1.29 is 80.9 Å². The number of carboxylic acids is 1. The summed E-state index contributed by atoms with van der Waals surface area (Å²) in [7, 11) is 1.36. The van der Waals surface area contributed by atoms with Gasteiger partial charge in [0.2, 0.25) is 15.8 Å². The van der Waals surface area contributed by atoms with Gasteiger partial charge in [-0.05, 0) is 96.0 Å². The highest BCUT2D eigenvalue weighted by Gasteiger charge is 2.52. The molecular formula is C52H82N2O17S. The van der Waals surface area contributed by atoms with Crippen LogP contribution in [0.25, 0.3) is 0 Å². The third kappa shape index (κ3) is 18.1. The highest BCUT2D eigenvalue weighted by atomic mass is 32.2. The van der Waals surface area contributed by atoms with Gasteiger partial charge in [-0.3, -0.25) is 24.0 Å². The lowest BCUT2D eigenvalue weighted by molar-refractivity contribution is -0.263. The number of esters is 1. The van der Waals surface area contributed by atoms with Gasteiger partial charge in [0.15, 0.2) is 11.5 Å². The molecule has 408 valence electrons. The van der Waals surface area contributed by atoms with E-state index in [1.54, 1.807) is 72.3 Å². The van der Waals surface area contributed by atoms with Crippen molar-refractivity contribution in [3.63, 3.8) is 0 Å². The molecule has 4 N–H and O–H groups in total. The number of nitrogens with one attached hydrogen (secondary N) is 1. The summed E-state index contributed by atoms with van der Waals surface area (Å²) < 4.78 is 62.9. The van der Waals surface area contributed by atoms with E-state index in [1.165, 1.54) is 28.0 Å². The van der Waals surface area contributed by atoms with Crippen LogP contribution >= 0.6 is 0 Å². The summed E-state index contributed by atoms with van der Waals surface area (Å²) in [5.74, 6) is -12.2. The summed E-state index contributed by atoms with van der Waals surface area (Å²) >= 11 is 0. The molecule has 0 aromatic carbocycles. The molecule has 3 rings (SSSR count). The molecule has 2 aliphatic heterocycles. The molecule has 1 saturated heterocycles. The van der Waals surface area contributed by atoms with E-state index >= 15 is 0 Å². The van der Waals surface area contributed by atoms with E-state index in [2.05, 4.69) is 4.72 Å². The van der Waals surface area contributed by atoms with Crippen LogP contribution in [0, 0.1) is 29.6 Å². The molecule has 1 saturated carbocycles. The van der Waals surface area contributed by atoms with Crippen molar-refractivity contribution in [1.82, 2.24) is 9.62 Å². The van der Waals surface area contributed by atoms with Crippen molar-refractivity contribution in [2.75, 3.05) is 47.3 Å². The summed E-state index contributed by atoms with van der Waals surface area (Å²) in [5.41, 5.74) is 0.765. The maximum atomic E-state index is 14.1. The second kappa shape index (κ2) is 29.2. The van der Waals surface area contributed by atoms with Crippen molar-refractivity contribution in [3.8, 4) is 0 Å². The second-order valence-corrected chi connectivity index (χ2v) is 21.8. The number of hydrogen-bond donors (Lipinski definition) is 4. The van der Waals surface area contributed by atoms with Crippen LogP contribution in [-0.2, 0) is 67.2 Å². The number of rotatable bonds is 13. The quantitative estimate of drug-likeness (QED) is 0.0860. The lowest BCUT2D eigenvalue weighted by atomic mass is 9.78. The number of carbonyl (C=O) groups excluding carboxylic acids is 5. The van der Waals surface area contributed by atoms with E-state index in [4.69, 9.17) is 28.4 Å². The topological polar surface area (TPSA) is 268 Å². The van der Waals surface area contributed by atoms with Gasteiger partial charge in [-0.2, -0.15) is 0 Å². The number of ketones is 3. The zero-order valence-corrected chi connectivity index (χ0v) is 44.9. The number of methoxy groups -OCH3 is 3. The van der Waals surface area contributed by atoms with Crippen LogP contribution in [-0.4, -0.2) is 166 Å². The summed E-state index contributed by atoms with van der Waals surface area (Å²) in [6.07, 6.45) is 8.62. The van der Waals surface area contributed by atoms with Crippen molar-refractivity contribution in [1.29, 1.82) is 0 Å². The Balaban J connectivity index is 2.04. The number of allylic oxidation sites excluding steroid dienone is 6. The molecular weight excluding hydrogens is 957 g/mol. The number of hydrogen-bond acceptors (Lipinski definition) is 16. The van der Waals surface area contributed by atoms with Gasteiger partial charge in [-0.15, -0.1) is 0 Å². The smallest absolute Gasteiger partial charge is 0.328 e. The lowest BCUT2D eigenvalue weighted by Gasteiger charge is -2.42. The third-order valence-electron chi connectivity index (χ3n) is 14.4. The fourth-order valence-corrected chi connectivity index (χ4v) is 10.6. The SMILES string of the molecule is COCCO[C@@H]1CC[C@@H](C[C@@H](C)C2CC(=O)C(C)/C=C(/C)C(O)C(OC)C(=O)C(C)CC\C=C/C=C\C=C(\C)C(NS(=O)(=O)CC(=O)O)C[C@H]3CC[C@H](C)[C@](O)(O3)C(=O)C(=O)N(C)C(C)C(=O)O2)C[C@H]1OC. The molecule has 2 bridgehead atoms. The first-order valence-electron chi connectivity index (χ1n) is 25.0. The molecule has 2 heterocycles. The van der Waals surface area contributed by atoms with Gasteiger partial charge in [0.05, 0.1) is 31.5 Å². The monoisotopic (exact) mass is 1040 g/mol. The predicted octanol–water partition coefficient (Wildman–Crippen LogP) is 4.43. The molecule has 72 heavy (non-hydrogen) atoms. The lowest BCUT2D eigenvalue weighted by Crippen LogP contribution is -2.59. The number of carbonyl (C=O) groups is 6. The first-order valence-corrected chi connectivity index (χ1v) is 26.7. The van der Waals surface area contributed by atoms with E-state index in [9.17, 15) is 52.5 Å².